The van der Waals surface area contributed by atoms with Gasteiger partial charge in [0.1, 0.15) is 11.3 Å². The number of carbonyl (C=O) groups is 1. The molecule has 0 aliphatic carbocycles. The topological polar surface area (TPSA) is 151 Å². The van der Waals surface area contributed by atoms with Gasteiger partial charge in [-0.1, -0.05) is 12.1 Å². The summed E-state index contributed by atoms with van der Waals surface area (Å²) in [6.07, 6.45) is 6.30. The van der Waals surface area contributed by atoms with Crippen LogP contribution in [0.1, 0.15) is 35.5 Å². The number of piperazine rings is 1. The van der Waals surface area contributed by atoms with E-state index < -0.39 is 17.5 Å². The lowest BCUT2D eigenvalue weighted by molar-refractivity contribution is 0.0253. The average Bonchev–Trinajstić information content (AvgIpc) is 3.50. The van der Waals surface area contributed by atoms with E-state index in [4.69, 9.17) is 15.2 Å². The summed E-state index contributed by atoms with van der Waals surface area (Å²) in [5.41, 5.74) is 7.71. The molecule has 0 spiro atoms. The maximum Gasteiger partial charge on any atom is 0.259 e. The van der Waals surface area contributed by atoms with E-state index >= 15 is 8.78 Å². The van der Waals surface area contributed by atoms with Gasteiger partial charge in [-0.25, -0.2) is 18.7 Å². The Morgan fingerprint density at radius 3 is 2.24 bits per heavy atom. The quantitative estimate of drug-likeness (QED) is 0.194. The maximum absolute atomic E-state index is 15.3. The van der Waals surface area contributed by atoms with E-state index in [9.17, 15) is 4.79 Å². The van der Waals surface area contributed by atoms with Crippen LogP contribution in [0.4, 0.5) is 20.5 Å². The molecular formula is C36H44F2N10O3. The molecule has 1 fully saturated rings. The highest BCUT2D eigenvalue weighted by atomic mass is 19.1. The van der Waals surface area contributed by atoms with Crippen molar-refractivity contribution in [3.63, 3.8) is 0 Å². The number of anilines is 2. The van der Waals surface area contributed by atoms with Crippen LogP contribution in [0.25, 0.3) is 22.2 Å². The van der Waals surface area contributed by atoms with Crippen molar-refractivity contribution in [2.75, 3.05) is 66.0 Å². The Hall–Kier alpha value is -5.25. The van der Waals surface area contributed by atoms with Crippen molar-refractivity contribution in [2.24, 2.45) is 0 Å². The zero-order valence-corrected chi connectivity index (χ0v) is 29.9. The molecule has 1 aliphatic rings. The number of fused-ring (bicyclic) bond motifs is 1. The van der Waals surface area contributed by atoms with E-state index in [2.05, 4.69) is 60.9 Å². The summed E-state index contributed by atoms with van der Waals surface area (Å²) >= 11 is 0. The number of hydrogen-bond acceptors (Lipinski definition) is 11. The summed E-state index contributed by atoms with van der Waals surface area (Å²) in [5.74, 6) is -1.85. The van der Waals surface area contributed by atoms with Crippen LogP contribution in [0.5, 0.6) is 11.5 Å². The smallest absolute Gasteiger partial charge is 0.259 e. The fourth-order valence-corrected chi connectivity index (χ4v) is 6.08. The second-order valence-electron chi connectivity index (χ2n) is 13.2. The van der Waals surface area contributed by atoms with Crippen molar-refractivity contribution in [2.45, 2.75) is 32.5 Å². The number of imidazole rings is 1. The van der Waals surface area contributed by atoms with E-state index in [0.717, 1.165) is 50.0 Å². The predicted octanol–water partition coefficient (Wildman–Crippen LogP) is 4.82. The molecule has 5 aromatic rings. The molecule has 1 amide bonds. The molecule has 6 rings (SSSR count). The van der Waals surface area contributed by atoms with Crippen LogP contribution < -0.4 is 20.5 Å². The van der Waals surface area contributed by atoms with Gasteiger partial charge in [-0.05, 0) is 52.7 Å². The number of aromatic nitrogens is 5. The molecule has 4 N–H and O–H groups in total. The van der Waals surface area contributed by atoms with Crippen molar-refractivity contribution in [1.82, 2.24) is 39.6 Å². The first-order chi connectivity index (χ1) is 24.3. The van der Waals surface area contributed by atoms with Crippen molar-refractivity contribution in [1.29, 1.82) is 0 Å². The van der Waals surface area contributed by atoms with Gasteiger partial charge in [0.2, 0.25) is 0 Å². The number of nitrogens with two attached hydrogens (primary N) is 1. The minimum Gasteiger partial charge on any atom is -0.494 e. The molecule has 1 saturated heterocycles. The predicted molar refractivity (Wildman–Crippen MR) is 193 cm³/mol. The van der Waals surface area contributed by atoms with Crippen molar-refractivity contribution < 1.29 is 23.0 Å². The molecule has 0 atom stereocenters. The number of nitrogen functional groups attached to an aromatic ring is 1. The monoisotopic (exact) mass is 702 g/mol. The van der Waals surface area contributed by atoms with Crippen LogP contribution in [0.2, 0.25) is 0 Å². The lowest BCUT2D eigenvalue weighted by Crippen LogP contribution is -2.57. The van der Waals surface area contributed by atoms with Gasteiger partial charge in [-0.15, -0.1) is 0 Å². The maximum atomic E-state index is 15.3. The van der Waals surface area contributed by atoms with Crippen LogP contribution in [0.3, 0.4) is 0 Å². The highest BCUT2D eigenvalue weighted by molar-refractivity contribution is 6.13. The van der Waals surface area contributed by atoms with E-state index in [1.807, 2.05) is 25.1 Å². The Morgan fingerprint density at radius 2 is 1.67 bits per heavy atom. The Labute approximate surface area is 295 Å². The van der Waals surface area contributed by atoms with Crippen LogP contribution in [0, 0.1) is 11.6 Å². The van der Waals surface area contributed by atoms with Gasteiger partial charge in [-0.2, -0.15) is 0 Å². The Bertz CT molecular complexity index is 1960. The van der Waals surface area contributed by atoms with Crippen molar-refractivity contribution >= 4 is 28.7 Å². The molecule has 0 unspecified atom stereocenters. The minimum atomic E-state index is -0.917. The molecule has 270 valence electrons. The number of nitrogens with one attached hydrogen (secondary N) is 2. The third-order valence-corrected chi connectivity index (χ3v) is 8.55. The van der Waals surface area contributed by atoms with Crippen molar-refractivity contribution in [3.05, 3.63) is 83.6 Å². The second kappa shape index (κ2) is 15.7. The lowest BCUT2D eigenvalue weighted by Gasteiger charge is -2.46. The van der Waals surface area contributed by atoms with Crippen LogP contribution in [-0.4, -0.2) is 106 Å². The number of aromatic amines is 1. The molecule has 0 bridgehead atoms. The number of H-pyrrole nitrogens is 1. The molecule has 3 aromatic heterocycles. The van der Waals surface area contributed by atoms with Crippen LogP contribution in [-0.2, 0) is 13.1 Å². The number of nitrogens with zero attached hydrogens (tertiary/aromatic N) is 7. The number of amides is 1. The SMILES string of the molecule is CN(C)Cc1cnc(N)[nH]1.COc1cc(OC)c(F)c(-c2ccc(C(=O)Nc3ccc(CN4CCN(C)CC4(C)C)cn3)c3nccnc23)c1F. The fraction of sp³-hybridized carbons (Fsp3) is 0.361. The van der Waals surface area contributed by atoms with Gasteiger partial charge >= 0.3 is 0 Å². The number of halogens is 2. The highest BCUT2D eigenvalue weighted by Crippen LogP contribution is 2.40. The number of likely N-dealkylation sites (N-methyl/N-ethyl adjacent to an activating group) is 1. The van der Waals surface area contributed by atoms with Gasteiger partial charge in [-0.3, -0.25) is 19.7 Å². The molecular weight excluding hydrogens is 658 g/mol. The van der Waals surface area contributed by atoms with Gasteiger partial charge in [0, 0.05) is 68.5 Å². The molecule has 51 heavy (non-hydrogen) atoms. The van der Waals surface area contributed by atoms with Gasteiger partial charge in [0.15, 0.2) is 29.1 Å². The third-order valence-electron chi connectivity index (χ3n) is 8.55. The number of methoxy groups -OCH3 is 2. The Balaban J connectivity index is 0.000000435. The number of benzene rings is 2. The first kappa shape index (κ1) is 37.0. The molecule has 4 heterocycles. The van der Waals surface area contributed by atoms with Gasteiger partial charge < -0.3 is 35.3 Å². The van der Waals surface area contributed by atoms with Crippen LogP contribution >= 0.6 is 0 Å². The molecule has 2 aromatic carbocycles. The zero-order valence-electron chi connectivity index (χ0n) is 29.9. The average molecular weight is 703 g/mol. The highest BCUT2D eigenvalue weighted by Gasteiger charge is 2.32. The number of rotatable bonds is 9. The van der Waals surface area contributed by atoms with E-state index in [-0.39, 0.29) is 44.8 Å². The third kappa shape index (κ3) is 8.56. The molecule has 1 aliphatic heterocycles. The summed E-state index contributed by atoms with van der Waals surface area (Å²) in [7, 11) is 8.68. The number of ether oxygens (including phenoxy) is 2. The Morgan fingerprint density at radius 1 is 0.980 bits per heavy atom. The summed E-state index contributed by atoms with van der Waals surface area (Å²) in [6.45, 7) is 9.02. The fourth-order valence-electron chi connectivity index (χ4n) is 6.08. The molecule has 0 saturated carbocycles. The van der Waals surface area contributed by atoms with E-state index in [1.165, 1.54) is 38.7 Å². The normalized spacial score (nSPS) is 14.6. The summed E-state index contributed by atoms with van der Waals surface area (Å²) in [6, 6.07) is 7.72. The molecule has 15 heteroatoms. The molecule has 0 radical (unpaired) electrons. The first-order valence-electron chi connectivity index (χ1n) is 16.3. The summed E-state index contributed by atoms with van der Waals surface area (Å²) < 4.78 is 40.7. The van der Waals surface area contributed by atoms with Gasteiger partial charge in [0.25, 0.3) is 5.91 Å². The van der Waals surface area contributed by atoms with E-state index in [0.29, 0.717) is 11.8 Å². The van der Waals surface area contributed by atoms with Crippen LogP contribution in [0.15, 0.2) is 55.1 Å². The lowest BCUT2D eigenvalue weighted by atomic mass is 9.98. The molecule has 13 nitrogen and oxygen atoms in total. The standard InChI is InChI=1S/C30H32F2N6O3.C6H12N4/c1-30(2)17-37(3)12-13-38(30)16-18-6-9-23(35-15-18)36-29(39)20-8-7-19(27-28(20)34-11-10-33-27)24-25(31)21(40-4)14-22(41-5)26(24)32;1-10(2)4-5-3-8-6(7)9-5/h6-11,14-15H,12-13,16-17H2,1-5H3,(H,35,36,39);3H,4H2,1-2H3,(H3,7,8,9). The number of carbonyl (C=O) groups excluding carboxylic acids is 1. The zero-order chi connectivity index (χ0) is 36.9. The van der Waals surface area contributed by atoms with Gasteiger partial charge in [0.05, 0.1) is 42.8 Å². The largest absolute Gasteiger partial charge is 0.494 e. The van der Waals surface area contributed by atoms with Crippen molar-refractivity contribution in [3.8, 4) is 22.6 Å². The van der Waals surface area contributed by atoms with E-state index in [1.54, 1.807) is 18.5 Å². The summed E-state index contributed by atoms with van der Waals surface area (Å²) in [4.78, 5) is 40.0. The number of hydrogen-bond donors (Lipinski definition) is 3. The second-order valence-corrected chi connectivity index (χ2v) is 13.2. The Kier molecular flexibility index (Phi) is 11.4. The summed E-state index contributed by atoms with van der Waals surface area (Å²) in [5, 5.41) is 2.80. The first-order valence-corrected chi connectivity index (χ1v) is 16.3. The minimum absolute atomic E-state index is 0.0377. The number of pyridine rings is 1.